The lowest BCUT2D eigenvalue weighted by Crippen LogP contribution is -2.34. The third-order valence-corrected chi connectivity index (χ3v) is 3.90. The number of anilines is 1. The maximum absolute atomic E-state index is 13.6. The summed E-state index contributed by atoms with van der Waals surface area (Å²) in [5.74, 6) is -0.658. The molecule has 2 aromatic rings. The minimum Gasteiger partial charge on any atom is -0.349 e. The Kier molecular flexibility index (Phi) is 5.56. The zero-order valence-corrected chi connectivity index (χ0v) is 14.2. The van der Waals surface area contributed by atoms with Crippen LogP contribution in [0, 0.1) is 5.82 Å². The molecule has 0 spiro atoms. The second kappa shape index (κ2) is 7.44. The lowest BCUT2D eigenvalue weighted by molar-refractivity contribution is 0.0940. The van der Waals surface area contributed by atoms with Gasteiger partial charge < -0.3 is 5.32 Å². The van der Waals surface area contributed by atoms with Gasteiger partial charge in [-0.15, -0.1) is 0 Å². The summed E-state index contributed by atoms with van der Waals surface area (Å²) >= 11 is 0. The zero-order chi connectivity index (χ0) is 17.7. The molecule has 2 aromatic carbocycles. The highest BCUT2D eigenvalue weighted by Gasteiger charge is 2.13. The van der Waals surface area contributed by atoms with Crippen molar-refractivity contribution in [3.05, 3.63) is 65.5 Å². The van der Waals surface area contributed by atoms with Gasteiger partial charge in [0.05, 0.1) is 6.26 Å². The number of halogens is 1. The SMILES string of the molecule is CC(Cc1ccccc1F)NC(=O)c1cccc(NS(C)(=O)=O)c1. The van der Waals surface area contributed by atoms with Crippen LogP contribution in [0.2, 0.25) is 0 Å². The van der Waals surface area contributed by atoms with Gasteiger partial charge in [0.15, 0.2) is 0 Å². The zero-order valence-electron chi connectivity index (χ0n) is 13.4. The fourth-order valence-corrected chi connectivity index (χ4v) is 2.85. The molecule has 1 amide bonds. The average molecular weight is 350 g/mol. The molecule has 0 aliphatic rings. The van der Waals surface area contributed by atoms with Crippen LogP contribution in [0.5, 0.6) is 0 Å². The van der Waals surface area contributed by atoms with E-state index in [0.29, 0.717) is 23.2 Å². The monoisotopic (exact) mass is 350 g/mol. The summed E-state index contributed by atoms with van der Waals surface area (Å²) in [6.45, 7) is 1.78. The number of carbonyl (C=O) groups is 1. The highest BCUT2D eigenvalue weighted by Crippen LogP contribution is 2.13. The molecule has 0 saturated heterocycles. The molecule has 0 heterocycles. The van der Waals surface area contributed by atoms with Gasteiger partial charge in [0.25, 0.3) is 5.91 Å². The van der Waals surface area contributed by atoms with Crippen molar-refractivity contribution < 1.29 is 17.6 Å². The van der Waals surface area contributed by atoms with Gasteiger partial charge >= 0.3 is 0 Å². The first-order chi connectivity index (χ1) is 11.2. The summed E-state index contributed by atoms with van der Waals surface area (Å²) in [5.41, 5.74) is 1.16. The Labute approximate surface area is 141 Å². The average Bonchev–Trinajstić information content (AvgIpc) is 2.48. The first-order valence-corrected chi connectivity index (χ1v) is 9.26. The molecule has 2 N–H and O–H groups in total. The molecule has 0 bridgehead atoms. The molecule has 1 atom stereocenters. The highest BCUT2D eigenvalue weighted by molar-refractivity contribution is 7.92. The summed E-state index contributed by atoms with van der Waals surface area (Å²) in [4.78, 5) is 12.3. The van der Waals surface area contributed by atoms with E-state index in [-0.39, 0.29) is 17.8 Å². The van der Waals surface area contributed by atoms with Crippen molar-refractivity contribution in [2.45, 2.75) is 19.4 Å². The molecule has 1 unspecified atom stereocenters. The van der Waals surface area contributed by atoms with E-state index >= 15 is 0 Å². The van der Waals surface area contributed by atoms with E-state index in [2.05, 4.69) is 10.0 Å². The minimum absolute atomic E-state index is 0.277. The third-order valence-electron chi connectivity index (χ3n) is 3.29. The number of amides is 1. The van der Waals surface area contributed by atoms with Crippen LogP contribution in [-0.4, -0.2) is 26.6 Å². The summed E-state index contributed by atoms with van der Waals surface area (Å²) in [6.07, 6.45) is 1.40. The molecule has 128 valence electrons. The minimum atomic E-state index is -3.41. The number of sulfonamides is 1. The molecule has 24 heavy (non-hydrogen) atoms. The molecule has 0 fully saturated rings. The molecule has 2 rings (SSSR count). The van der Waals surface area contributed by atoms with Crippen molar-refractivity contribution in [2.75, 3.05) is 11.0 Å². The fourth-order valence-electron chi connectivity index (χ4n) is 2.29. The maximum Gasteiger partial charge on any atom is 0.251 e. The Morgan fingerprint density at radius 2 is 1.88 bits per heavy atom. The number of hydrogen-bond donors (Lipinski definition) is 2. The van der Waals surface area contributed by atoms with Crippen LogP contribution in [0.15, 0.2) is 48.5 Å². The first-order valence-electron chi connectivity index (χ1n) is 7.37. The lowest BCUT2D eigenvalue weighted by Gasteiger charge is -2.15. The van der Waals surface area contributed by atoms with Crippen molar-refractivity contribution in [1.82, 2.24) is 5.32 Å². The third kappa shape index (κ3) is 5.34. The number of rotatable bonds is 6. The van der Waals surface area contributed by atoms with Crippen LogP contribution in [0.3, 0.4) is 0 Å². The highest BCUT2D eigenvalue weighted by atomic mass is 32.2. The molecular formula is C17H19FN2O3S. The molecule has 0 radical (unpaired) electrons. The Bertz CT molecular complexity index is 837. The molecule has 0 aromatic heterocycles. The van der Waals surface area contributed by atoms with E-state index in [0.717, 1.165) is 6.26 Å². The van der Waals surface area contributed by atoms with E-state index in [9.17, 15) is 17.6 Å². The van der Waals surface area contributed by atoms with E-state index in [1.54, 1.807) is 43.3 Å². The number of benzene rings is 2. The molecule has 0 aliphatic carbocycles. The molecule has 0 saturated carbocycles. The van der Waals surface area contributed by atoms with Gasteiger partial charge in [-0.05, 0) is 43.2 Å². The molecule has 7 heteroatoms. The normalized spacial score (nSPS) is 12.5. The smallest absolute Gasteiger partial charge is 0.251 e. The number of nitrogens with one attached hydrogen (secondary N) is 2. The summed E-state index contributed by atoms with van der Waals surface area (Å²) in [7, 11) is -3.41. The summed E-state index contributed by atoms with van der Waals surface area (Å²) in [6, 6.07) is 12.3. The van der Waals surface area contributed by atoms with Crippen LogP contribution >= 0.6 is 0 Å². The van der Waals surface area contributed by atoms with Gasteiger partial charge in [-0.2, -0.15) is 0 Å². The van der Waals surface area contributed by atoms with Gasteiger partial charge in [0.2, 0.25) is 10.0 Å². The van der Waals surface area contributed by atoms with Crippen LogP contribution in [-0.2, 0) is 16.4 Å². The van der Waals surface area contributed by atoms with Crippen LogP contribution in [0.4, 0.5) is 10.1 Å². The summed E-state index contributed by atoms with van der Waals surface area (Å²) in [5, 5.41) is 2.78. The van der Waals surface area contributed by atoms with Crippen LogP contribution < -0.4 is 10.0 Å². The van der Waals surface area contributed by atoms with E-state index in [4.69, 9.17) is 0 Å². The second-order valence-corrected chi connectivity index (χ2v) is 7.37. The van der Waals surface area contributed by atoms with Crippen LogP contribution in [0.1, 0.15) is 22.8 Å². The first kappa shape index (κ1) is 17.9. The van der Waals surface area contributed by atoms with E-state index < -0.39 is 10.0 Å². The Morgan fingerprint density at radius 1 is 1.17 bits per heavy atom. The van der Waals surface area contributed by atoms with Gasteiger partial charge in [-0.3, -0.25) is 9.52 Å². The second-order valence-electron chi connectivity index (χ2n) is 5.63. The van der Waals surface area contributed by atoms with Gasteiger partial charge in [-0.25, -0.2) is 12.8 Å². The number of hydrogen-bond acceptors (Lipinski definition) is 3. The topological polar surface area (TPSA) is 75.3 Å². The van der Waals surface area contributed by atoms with Crippen molar-refractivity contribution in [3.63, 3.8) is 0 Å². The van der Waals surface area contributed by atoms with Crippen molar-refractivity contribution in [2.24, 2.45) is 0 Å². The molecule has 5 nitrogen and oxygen atoms in total. The predicted molar refractivity (Wildman–Crippen MR) is 91.9 cm³/mol. The Morgan fingerprint density at radius 3 is 2.54 bits per heavy atom. The molecular weight excluding hydrogens is 331 g/mol. The fraction of sp³-hybridized carbons (Fsp3) is 0.235. The largest absolute Gasteiger partial charge is 0.349 e. The van der Waals surface area contributed by atoms with Crippen molar-refractivity contribution >= 4 is 21.6 Å². The van der Waals surface area contributed by atoms with E-state index in [1.165, 1.54) is 12.1 Å². The van der Waals surface area contributed by atoms with Gasteiger partial charge in [0.1, 0.15) is 5.82 Å². The Balaban J connectivity index is 2.04. The van der Waals surface area contributed by atoms with Gasteiger partial charge in [0, 0.05) is 17.3 Å². The quantitative estimate of drug-likeness (QED) is 0.841. The van der Waals surface area contributed by atoms with Crippen molar-refractivity contribution in [1.29, 1.82) is 0 Å². The van der Waals surface area contributed by atoms with Gasteiger partial charge in [-0.1, -0.05) is 24.3 Å². The number of carbonyl (C=O) groups excluding carboxylic acids is 1. The standard InChI is InChI=1S/C17H19FN2O3S/c1-12(10-13-6-3-4-9-16(13)18)19-17(21)14-7-5-8-15(11-14)20-24(2,22)23/h3-9,11-12,20H,10H2,1-2H3,(H,19,21). The van der Waals surface area contributed by atoms with Crippen molar-refractivity contribution in [3.8, 4) is 0 Å². The van der Waals surface area contributed by atoms with E-state index in [1.807, 2.05) is 0 Å². The Hall–Kier alpha value is -2.41. The summed E-state index contributed by atoms with van der Waals surface area (Å²) < 4.78 is 38.5. The predicted octanol–water partition coefficient (Wildman–Crippen LogP) is 2.56. The maximum atomic E-state index is 13.6. The molecule has 0 aliphatic heterocycles. The lowest BCUT2D eigenvalue weighted by atomic mass is 10.1. The van der Waals surface area contributed by atoms with Crippen LogP contribution in [0.25, 0.3) is 0 Å².